The summed E-state index contributed by atoms with van der Waals surface area (Å²) in [6, 6.07) is 4.58. The fourth-order valence-corrected chi connectivity index (χ4v) is 0.972. The largest absolute Gasteiger partial charge is 0.497 e. The Labute approximate surface area is 76.8 Å². The van der Waals surface area contributed by atoms with E-state index in [-0.39, 0.29) is 5.82 Å². The normalized spacial score (nSPS) is 10.7. The van der Waals surface area contributed by atoms with Gasteiger partial charge in [0, 0.05) is 12.1 Å². The molecule has 0 radical (unpaired) electrons. The summed E-state index contributed by atoms with van der Waals surface area (Å²) in [4.78, 5) is 0. The number of halogens is 1. The Morgan fingerprint density at radius 1 is 1.54 bits per heavy atom. The molecule has 1 aromatic carbocycles. The molecule has 0 amide bonds. The highest BCUT2D eigenvalue weighted by atomic mass is 19.1. The molecular formula is C10H12FNO. The molecule has 0 heterocycles. The maximum Gasteiger partial charge on any atom is 0.130 e. The van der Waals surface area contributed by atoms with Crippen molar-refractivity contribution < 1.29 is 9.13 Å². The fraction of sp³-hybridized carbons (Fsp3) is 0.200. The second-order valence-electron chi connectivity index (χ2n) is 2.53. The van der Waals surface area contributed by atoms with Gasteiger partial charge in [-0.15, -0.1) is 0 Å². The van der Waals surface area contributed by atoms with E-state index in [1.807, 2.05) is 0 Å². The van der Waals surface area contributed by atoms with Gasteiger partial charge in [-0.2, -0.15) is 0 Å². The number of rotatable bonds is 3. The van der Waals surface area contributed by atoms with Gasteiger partial charge in [0.15, 0.2) is 0 Å². The molecular weight excluding hydrogens is 169 g/mol. The Bertz CT molecular complexity index is 310. The van der Waals surface area contributed by atoms with Crippen LogP contribution in [0.25, 0.3) is 6.08 Å². The highest BCUT2D eigenvalue weighted by Gasteiger charge is 1.99. The molecule has 0 bridgehead atoms. The molecule has 0 aromatic heterocycles. The quantitative estimate of drug-likeness (QED) is 0.771. The predicted molar refractivity (Wildman–Crippen MR) is 51.0 cm³/mol. The number of methoxy groups -OCH3 is 1. The summed E-state index contributed by atoms with van der Waals surface area (Å²) in [6.07, 6.45) is 3.33. The maximum atomic E-state index is 13.1. The Hall–Kier alpha value is -1.35. The van der Waals surface area contributed by atoms with Crippen LogP contribution >= 0.6 is 0 Å². The van der Waals surface area contributed by atoms with Gasteiger partial charge in [-0.05, 0) is 18.2 Å². The summed E-state index contributed by atoms with van der Waals surface area (Å²) >= 11 is 0. The van der Waals surface area contributed by atoms with Crippen LogP contribution in [0, 0.1) is 5.82 Å². The second-order valence-corrected chi connectivity index (χ2v) is 2.53. The van der Waals surface area contributed by atoms with Gasteiger partial charge >= 0.3 is 0 Å². The van der Waals surface area contributed by atoms with Crippen molar-refractivity contribution in [3.05, 3.63) is 35.7 Å². The lowest BCUT2D eigenvalue weighted by atomic mass is 10.2. The van der Waals surface area contributed by atoms with E-state index >= 15 is 0 Å². The van der Waals surface area contributed by atoms with Crippen LogP contribution in [-0.4, -0.2) is 13.7 Å². The summed E-state index contributed by atoms with van der Waals surface area (Å²) in [5, 5.41) is 0. The van der Waals surface area contributed by atoms with Crippen LogP contribution in [0.4, 0.5) is 4.39 Å². The van der Waals surface area contributed by atoms with E-state index < -0.39 is 0 Å². The highest BCUT2D eigenvalue weighted by molar-refractivity contribution is 5.52. The minimum absolute atomic E-state index is 0.273. The Morgan fingerprint density at radius 3 is 2.92 bits per heavy atom. The summed E-state index contributed by atoms with van der Waals surface area (Å²) in [6.45, 7) is 0.399. The highest BCUT2D eigenvalue weighted by Crippen LogP contribution is 2.17. The molecule has 0 fully saturated rings. The lowest BCUT2D eigenvalue weighted by molar-refractivity contribution is 0.413. The van der Waals surface area contributed by atoms with Crippen LogP contribution in [0.5, 0.6) is 5.75 Å². The van der Waals surface area contributed by atoms with Crippen LogP contribution in [0.1, 0.15) is 5.56 Å². The van der Waals surface area contributed by atoms with Gasteiger partial charge in [0.2, 0.25) is 0 Å². The first-order valence-electron chi connectivity index (χ1n) is 3.98. The number of hydrogen-bond donors (Lipinski definition) is 1. The summed E-state index contributed by atoms with van der Waals surface area (Å²) < 4.78 is 18.0. The molecule has 0 atom stereocenters. The molecule has 0 saturated heterocycles. The SMILES string of the molecule is COc1ccc(F)c(/C=C/CN)c1. The minimum atomic E-state index is -0.273. The van der Waals surface area contributed by atoms with Crippen molar-refractivity contribution >= 4 is 6.08 Å². The average molecular weight is 181 g/mol. The summed E-state index contributed by atoms with van der Waals surface area (Å²) in [5.41, 5.74) is 5.75. The van der Waals surface area contributed by atoms with Gasteiger partial charge in [0.25, 0.3) is 0 Å². The van der Waals surface area contributed by atoms with Crippen molar-refractivity contribution in [2.75, 3.05) is 13.7 Å². The van der Waals surface area contributed by atoms with Crippen molar-refractivity contribution in [3.63, 3.8) is 0 Å². The van der Waals surface area contributed by atoms with Crippen LogP contribution in [0.2, 0.25) is 0 Å². The molecule has 0 unspecified atom stereocenters. The first-order valence-corrected chi connectivity index (χ1v) is 3.98. The molecule has 13 heavy (non-hydrogen) atoms. The van der Waals surface area contributed by atoms with E-state index in [0.717, 1.165) is 0 Å². The number of ether oxygens (including phenoxy) is 1. The maximum absolute atomic E-state index is 13.1. The third-order valence-corrected chi connectivity index (χ3v) is 1.64. The van der Waals surface area contributed by atoms with Crippen LogP contribution in [0.3, 0.4) is 0 Å². The zero-order chi connectivity index (χ0) is 9.68. The van der Waals surface area contributed by atoms with Gasteiger partial charge in [-0.1, -0.05) is 12.2 Å². The second kappa shape index (κ2) is 4.62. The van der Waals surface area contributed by atoms with E-state index in [1.165, 1.54) is 6.07 Å². The van der Waals surface area contributed by atoms with Crippen molar-refractivity contribution in [2.45, 2.75) is 0 Å². The summed E-state index contributed by atoms with van der Waals surface area (Å²) in [7, 11) is 1.55. The monoisotopic (exact) mass is 181 g/mol. The van der Waals surface area contributed by atoms with Crippen LogP contribution in [-0.2, 0) is 0 Å². The van der Waals surface area contributed by atoms with E-state index in [2.05, 4.69) is 0 Å². The van der Waals surface area contributed by atoms with Crippen molar-refractivity contribution in [3.8, 4) is 5.75 Å². The molecule has 1 rings (SSSR count). The molecule has 1 aromatic rings. The van der Waals surface area contributed by atoms with Gasteiger partial charge in [0.05, 0.1) is 7.11 Å². The topological polar surface area (TPSA) is 35.2 Å². The smallest absolute Gasteiger partial charge is 0.130 e. The lowest BCUT2D eigenvalue weighted by Gasteiger charge is -2.01. The molecule has 3 heteroatoms. The standard InChI is InChI=1S/C10H12FNO/c1-13-9-4-5-10(11)8(7-9)3-2-6-12/h2-5,7H,6,12H2,1H3/b3-2+. The van der Waals surface area contributed by atoms with Crippen molar-refractivity contribution in [1.29, 1.82) is 0 Å². The Morgan fingerprint density at radius 2 is 2.31 bits per heavy atom. The molecule has 70 valence electrons. The van der Waals surface area contributed by atoms with E-state index in [9.17, 15) is 4.39 Å². The predicted octanol–water partition coefficient (Wildman–Crippen LogP) is 1.81. The third-order valence-electron chi connectivity index (χ3n) is 1.64. The molecule has 0 aliphatic carbocycles. The van der Waals surface area contributed by atoms with Gasteiger partial charge in [0.1, 0.15) is 11.6 Å². The molecule has 0 aliphatic rings. The van der Waals surface area contributed by atoms with Gasteiger partial charge < -0.3 is 10.5 Å². The number of benzene rings is 1. The molecule has 0 saturated carbocycles. The van der Waals surface area contributed by atoms with E-state index in [1.54, 1.807) is 31.4 Å². The van der Waals surface area contributed by atoms with Crippen LogP contribution < -0.4 is 10.5 Å². The number of nitrogens with two attached hydrogens (primary N) is 1. The van der Waals surface area contributed by atoms with Crippen LogP contribution in [0.15, 0.2) is 24.3 Å². The molecule has 2 N–H and O–H groups in total. The average Bonchev–Trinajstić information content (AvgIpc) is 2.17. The molecule has 0 aliphatic heterocycles. The Kier molecular flexibility index (Phi) is 3.46. The molecule has 2 nitrogen and oxygen atoms in total. The third kappa shape index (κ3) is 2.56. The van der Waals surface area contributed by atoms with Gasteiger partial charge in [-0.3, -0.25) is 0 Å². The van der Waals surface area contributed by atoms with E-state index in [4.69, 9.17) is 10.5 Å². The lowest BCUT2D eigenvalue weighted by Crippen LogP contribution is -1.93. The van der Waals surface area contributed by atoms with E-state index in [0.29, 0.717) is 17.9 Å². The minimum Gasteiger partial charge on any atom is -0.497 e. The summed E-state index contributed by atoms with van der Waals surface area (Å²) in [5.74, 6) is 0.364. The first kappa shape index (κ1) is 9.74. The first-order chi connectivity index (χ1) is 6.27. The zero-order valence-corrected chi connectivity index (χ0v) is 7.46. The van der Waals surface area contributed by atoms with Crippen molar-refractivity contribution in [1.82, 2.24) is 0 Å². The number of hydrogen-bond acceptors (Lipinski definition) is 2. The van der Waals surface area contributed by atoms with Gasteiger partial charge in [-0.25, -0.2) is 4.39 Å². The zero-order valence-electron chi connectivity index (χ0n) is 7.46. The van der Waals surface area contributed by atoms with Crippen molar-refractivity contribution in [2.24, 2.45) is 5.73 Å². The molecule has 0 spiro atoms. The Balaban J connectivity index is 2.97. The fourth-order valence-electron chi connectivity index (χ4n) is 0.972.